The zero-order valence-electron chi connectivity index (χ0n) is 8.21. The second-order valence-electron chi connectivity index (χ2n) is 3.09. The van der Waals surface area contributed by atoms with Gasteiger partial charge in [-0.05, 0) is 17.7 Å². The molecule has 1 radical (unpaired) electrons. The van der Waals surface area contributed by atoms with E-state index < -0.39 is 22.0 Å². The fourth-order valence-corrected chi connectivity index (χ4v) is 1.32. The van der Waals surface area contributed by atoms with E-state index in [-0.39, 0.29) is 12.2 Å². The number of nitrogens with one attached hydrogen (secondary N) is 1. The molecule has 87 valence electrons. The molecular weight excluding hydrogens is 234 g/mol. The first-order chi connectivity index (χ1) is 7.37. The molecule has 16 heavy (non-hydrogen) atoms. The normalized spacial score (nSPS) is 11.1. The number of hydrogen-bond donors (Lipinski definition) is 1. The summed E-state index contributed by atoms with van der Waals surface area (Å²) in [5.41, 5.74) is 7.39. The zero-order valence-corrected chi connectivity index (χ0v) is 9.03. The predicted octanol–water partition coefficient (Wildman–Crippen LogP) is 0.263. The Morgan fingerprint density at radius 2 is 1.88 bits per heavy atom. The Bertz CT molecular complexity index is 465. The maximum atomic E-state index is 10.5. The second-order valence-corrected chi connectivity index (χ2v) is 4.49. The van der Waals surface area contributed by atoms with Crippen LogP contribution < -0.4 is 10.5 Å². The van der Waals surface area contributed by atoms with Gasteiger partial charge in [-0.15, -0.1) is 0 Å². The van der Waals surface area contributed by atoms with Gasteiger partial charge in [0.25, 0.3) is 0 Å². The van der Waals surface area contributed by atoms with Gasteiger partial charge in [0.15, 0.2) is 0 Å². The maximum Gasteiger partial charge on any atom is 0.300 e. The minimum atomic E-state index is -4.16. The number of hydrogen-bond acceptors (Lipinski definition) is 4. The summed E-state index contributed by atoms with van der Waals surface area (Å²) in [5.74, 6) is -1.26. The van der Waals surface area contributed by atoms with E-state index in [1.807, 2.05) is 0 Å². The van der Waals surface area contributed by atoms with Crippen LogP contribution in [-0.4, -0.2) is 24.8 Å². The monoisotopic (exact) mass is 244 g/mol. The van der Waals surface area contributed by atoms with Crippen molar-refractivity contribution < 1.29 is 22.5 Å². The predicted molar refractivity (Wildman–Crippen MR) is 55.3 cm³/mol. The molecule has 0 unspecified atom stereocenters. The number of amides is 1. The van der Waals surface area contributed by atoms with Gasteiger partial charge in [-0.1, -0.05) is 12.1 Å². The highest BCUT2D eigenvalue weighted by atomic mass is 32.2. The Morgan fingerprint density at radius 1 is 1.31 bits per heavy atom. The average Bonchev–Trinajstić information content (AvgIpc) is 2.14. The van der Waals surface area contributed by atoms with Gasteiger partial charge in [-0.25, -0.2) is 0 Å². The van der Waals surface area contributed by atoms with Crippen molar-refractivity contribution in [2.45, 2.75) is 6.42 Å². The molecule has 0 atom stereocenters. The van der Waals surface area contributed by atoms with Crippen LogP contribution in [0, 0.1) is 0 Å². The average molecular weight is 244 g/mol. The summed E-state index contributed by atoms with van der Waals surface area (Å²) in [4.78, 5) is 10.5. The molecule has 0 fully saturated rings. The standard InChI is InChI=1S/C9H10NO5S/c10-9(11)5-7-1-3-8(4-2-7)15-6-16(12,13)14/h1-4,10H,5-6H2,(H,12,13,14). The highest BCUT2D eigenvalue weighted by molar-refractivity contribution is 7.85. The van der Waals surface area contributed by atoms with Gasteiger partial charge in [-0.3, -0.25) is 15.1 Å². The number of ether oxygens (including phenoxy) is 1. The van der Waals surface area contributed by atoms with E-state index in [2.05, 4.69) is 0 Å². The number of carbonyl (C=O) groups excluding carboxylic acids is 1. The minimum absolute atomic E-state index is 0.00141. The van der Waals surface area contributed by atoms with E-state index in [9.17, 15) is 13.2 Å². The van der Waals surface area contributed by atoms with Crippen LogP contribution in [0.4, 0.5) is 0 Å². The Labute approximate surface area is 92.8 Å². The topological polar surface area (TPSA) is 104 Å². The van der Waals surface area contributed by atoms with Crippen molar-refractivity contribution in [3.05, 3.63) is 29.8 Å². The van der Waals surface area contributed by atoms with Crippen molar-refractivity contribution in [1.29, 1.82) is 0 Å². The summed E-state index contributed by atoms with van der Waals surface area (Å²) < 4.78 is 33.9. The molecule has 0 heterocycles. The van der Waals surface area contributed by atoms with Crippen molar-refractivity contribution in [2.75, 3.05) is 5.94 Å². The van der Waals surface area contributed by atoms with E-state index in [0.29, 0.717) is 5.56 Å². The lowest BCUT2D eigenvalue weighted by molar-refractivity contribution is -0.118. The van der Waals surface area contributed by atoms with Crippen LogP contribution in [0.1, 0.15) is 5.56 Å². The summed E-state index contributed by atoms with van der Waals surface area (Å²) in [6.45, 7) is 0. The Hall–Kier alpha value is -1.60. The van der Waals surface area contributed by atoms with Crippen LogP contribution >= 0.6 is 0 Å². The molecule has 1 aromatic rings. The van der Waals surface area contributed by atoms with E-state index in [1.54, 1.807) is 12.1 Å². The van der Waals surface area contributed by atoms with Gasteiger partial charge in [0.1, 0.15) is 5.75 Å². The molecule has 1 rings (SSSR count). The number of carbonyl (C=O) groups is 1. The van der Waals surface area contributed by atoms with Crippen molar-refractivity contribution in [1.82, 2.24) is 5.73 Å². The fourth-order valence-electron chi connectivity index (χ4n) is 1.03. The van der Waals surface area contributed by atoms with Gasteiger partial charge in [0.05, 0.1) is 6.42 Å². The van der Waals surface area contributed by atoms with Crippen molar-refractivity contribution >= 4 is 16.0 Å². The van der Waals surface area contributed by atoms with Crippen LogP contribution in [-0.2, 0) is 21.3 Å². The largest absolute Gasteiger partial charge is 0.475 e. The quantitative estimate of drug-likeness (QED) is 0.748. The van der Waals surface area contributed by atoms with Crippen molar-refractivity contribution in [2.24, 2.45) is 0 Å². The lowest BCUT2D eigenvalue weighted by atomic mass is 10.1. The smallest absolute Gasteiger partial charge is 0.300 e. The SMILES string of the molecule is [NH]C(=O)Cc1ccc(OCS(=O)(=O)O)cc1. The molecule has 0 saturated heterocycles. The van der Waals surface area contributed by atoms with Gasteiger partial charge in [0.2, 0.25) is 11.8 Å². The van der Waals surface area contributed by atoms with E-state index in [0.717, 1.165) is 0 Å². The van der Waals surface area contributed by atoms with Gasteiger partial charge < -0.3 is 4.74 Å². The summed E-state index contributed by atoms with van der Waals surface area (Å²) in [6.07, 6.45) is -0.00141. The van der Waals surface area contributed by atoms with Gasteiger partial charge in [0, 0.05) is 0 Å². The third-order valence-electron chi connectivity index (χ3n) is 1.66. The lowest BCUT2D eigenvalue weighted by Crippen LogP contribution is -2.10. The van der Waals surface area contributed by atoms with E-state index >= 15 is 0 Å². The third kappa shape index (κ3) is 4.76. The Balaban J connectivity index is 2.61. The van der Waals surface area contributed by atoms with Crippen LogP contribution in [0.15, 0.2) is 24.3 Å². The Kier molecular flexibility index (Phi) is 3.86. The molecule has 0 spiro atoms. The molecule has 0 aromatic heterocycles. The van der Waals surface area contributed by atoms with Crippen LogP contribution in [0.3, 0.4) is 0 Å². The molecule has 0 bridgehead atoms. The van der Waals surface area contributed by atoms with Gasteiger partial charge in [-0.2, -0.15) is 8.42 Å². The zero-order chi connectivity index (χ0) is 12.2. The summed E-state index contributed by atoms with van der Waals surface area (Å²) in [5, 5.41) is 0. The minimum Gasteiger partial charge on any atom is -0.475 e. The molecular formula is C9H10NO5S. The first-order valence-corrected chi connectivity index (χ1v) is 5.89. The highest BCUT2D eigenvalue weighted by Crippen LogP contribution is 2.12. The maximum absolute atomic E-state index is 10.5. The number of benzene rings is 1. The van der Waals surface area contributed by atoms with E-state index in [1.165, 1.54) is 12.1 Å². The molecule has 0 saturated carbocycles. The van der Waals surface area contributed by atoms with Crippen molar-refractivity contribution in [3.8, 4) is 5.75 Å². The molecule has 6 nitrogen and oxygen atoms in total. The van der Waals surface area contributed by atoms with Gasteiger partial charge >= 0.3 is 10.1 Å². The molecule has 7 heteroatoms. The molecule has 1 aromatic carbocycles. The van der Waals surface area contributed by atoms with Crippen LogP contribution in [0.2, 0.25) is 0 Å². The fraction of sp³-hybridized carbons (Fsp3) is 0.222. The molecule has 0 aliphatic carbocycles. The lowest BCUT2D eigenvalue weighted by Gasteiger charge is -2.04. The first-order valence-electron chi connectivity index (χ1n) is 4.28. The highest BCUT2D eigenvalue weighted by Gasteiger charge is 2.05. The molecule has 1 amide bonds. The van der Waals surface area contributed by atoms with Crippen LogP contribution in [0.25, 0.3) is 0 Å². The summed E-state index contributed by atoms with van der Waals surface area (Å²) in [7, 11) is -4.16. The summed E-state index contributed by atoms with van der Waals surface area (Å²) >= 11 is 0. The third-order valence-corrected chi connectivity index (χ3v) is 2.08. The van der Waals surface area contributed by atoms with E-state index in [4.69, 9.17) is 15.0 Å². The van der Waals surface area contributed by atoms with Crippen molar-refractivity contribution in [3.63, 3.8) is 0 Å². The number of rotatable bonds is 5. The molecule has 0 aliphatic rings. The second kappa shape index (κ2) is 4.95. The Morgan fingerprint density at radius 3 is 2.31 bits per heavy atom. The summed E-state index contributed by atoms with van der Waals surface area (Å²) in [6, 6.07) is 6.02. The molecule has 0 aliphatic heterocycles. The first kappa shape index (κ1) is 12.5. The molecule has 2 N–H and O–H groups in total. The van der Waals surface area contributed by atoms with Crippen LogP contribution in [0.5, 0.6) is 5.75 Å².